The molecule has 1 heterocycles. The van der Waals surface area contributed by atoms with Gasteiger partial charge in [-0.15, -0.1) is 0 Å². The molecule has 4 nitrogen and oxygen atoms in total. The highest BCUT2D eigenvalue weighted by atomic mass is 16.5. The van der Waals surface area contributed by atoms with Crippen LogP contribution < -0.4 is 4.43 Å². The maximum Gasteiger partial charge on any atom is 0.255 e. The van der Waals surface area contributed by atoms with Crippen molar-refractivity contribution < 1.29 is 4.43 Å². The molecule has 0 aromatic carbocycles. The van der Waals surface area contributed by atoms with Crippen molar-refractivity contribution in [1.29, 1.82) is 0 Å². The molecule has 0 saturated carbocycles. The minimum Gasteiger partial charge on any atom is -0.805 e. The van der Waals surface area contributed by atoms with E-state index in [1.54, 1.807) is 20.8 Å². The smallest absolute Gasteiger partial charge is 0.255 e. The van der Waals surface area contributed by atoms with E-state index in [4.69, 9.17) is 0 Å². The van der Waals surface area contributed by atoms with Crippen molar-refractivity contribution in [2.45, 2.75) is 20.8 Å². The predicted octanol–water partition coefficient (Wildman–Crippen LogP) is 0.674. The number of aromatic nitrogens is 2. The van der Waals surface area contributed by atoms with Crippen LogP contribution >= 0.6 is 0 Å². The van der Waals surface area contributed by atoms with E-state index in [0.717, 1.165) is 4.73 Å². The van der Waals surface area contributed by atoms with Crippen molar-refractivity contribution in [2.24, 2.45) is 0 Å². The molecule has 0 atom stereocenters. The zero-order chi connectivity index (χ0) is 8.59. The van der Waals surface area contributed by atoms with Crippen molar-refractivity contribution in [3.63, 3.8) is 0 Å². The Morgan fingerprint density at radius 1 is 1.45 bits per heavy atom. The number of rotatable bonds is 0. The summed E-state index contributed by atoms with van der Waals surface area (Å²) in [6.07, 6.45) is 1.27. The van der Waals surface area contributed by atoms with Gasteiger partial charge in [-0.25, -0.2) is 0 Å². The average molecular weight is 155 g/mol. The Hall–Kier alpha value is -1.32. The van der Waals surface area contributed by atoms with Gasteiger partial charge < -0.3 is 9.94 Å². The summed E-state index contributed by atoms with van der Waals surface area (Å²) in [5.41, 5.74) is 1.33. The van der Waals surface area contributed by atoms with Crippen LogP contribution in [0.1, 0.15) is 17.1 Å². The fourth-order valence-electron chi connectivity index (χ4n) is 0.890. The molecule has 0 spiro atoms. The highest BCUT2D eigenvalue weighted by Crippen LogP contribution is 2.01. The lowest BCUT2D eigenvalue weighted by atomic mass is 10.3. The molecule has 1 aromatic rings. The van der Waals surface area contributed by atoms with Gasteiger partial charge >= 0.3 is 0 Å². The summed E-state index contributed by atoms with van der Waals surface area (Å²) in [4.78, 5) is 11.0. The van der Waals surface area contributed by atoms with Gasteiger partial charge in [0.15, 0.2) is 0 Å². The number of hydrogen-bond acceptors (Lipinski definition) is 2. The molecule has 4 heteroatoms. The standard InChI is InChI=1S/C7H10N2O2/c1-5-4-8(10)6(2)7(3)9(5)11/h4H,1-3H3/i8+1. The van der Waals surface area contributed by atoms with Gasteiger partial charge in [0, 0.05) is 11.8 Å². The highest BCUT2D eigenvalue weighted by molar-refractivity contribution is 5.08. The molecule has 60 valence electrons. The van der Waals surface area contributed by atoms with Crippen molar-refractivity contribution >= 4 is 0 Å². The third-order valence-electron chi connectivity index (χ3n) is 1.78. The Bertz CT molecular complexity index is 341. The van der Waals surface area contributed by atoms with Gasteiger partial charge in [-0.2, -0.15) is 0 Å². The monoisotopic (exact) mass is 155 g/mol. The van der Waals surface area contributed by atoms with E-state index in [0.29, 0.717) is 21.5 Å². The minimum absolute atomic E-state index is 0.420. The molecule has 0 aliphatic rings. The third kappa shape index (κ3) is 1.11. The molecule has 11 heavy (non-hydrogen) atoms. The summed E-state index contributed by atoms with van der Waals surface area (Å²) in [5, 5.41) is 11.1. The van der Waals surface area contributed by atoms with Crippen molar-refractivity contribution in [3.05, 3.63) is 33.4 Å². The molecule has 0 aliphatic carbocycles. The van der Waals surface area contributed by atoms with Crippen LogP contribution in [-0.4, -0.2) is 4.73 Å². The molecule has 0 unspecified atom stereocenters. The fraction of sp³-hybridized carbons (Fsp3) is 0.429. The zero-order valence-corrected chi connectivity index (χ0v) is 6.79. The van der Waals surface area contributed by atoms with Crippen molar-refractivity contribution in [3.8, 4) is 0 Å². The second kappa shape index (κ2) is 2.38. The lowest BCUT2D eigenvalue weighted by Crippen LogP contribution is -2.23. The van der Waals surface area contributed by atoms with Crippen LogP contribution in [-0.2, 0) is 0 Å². The molecule has 0 amide bonds. The molecule has 1 aromatic heterocycles. The normalized spacial score (nSPS) is 10.1. The van der Waals surface area contributed by atoms with Gasteiger partial charge in [-0.1, -0.05) is 0 Å². The quantitative estimate of drug-likeness (QED) is 0.517. The van der Waals surface area contributed by atoms with Crippen LogP contribution in [0.2, 0.25) is 0 Å². The lowest BCUT2D eigenvalue weighted by Gasteiger charge is -2.14. The largest absolute Gasteiger partial charge is 0.805 e. The molecule has 0 radical (unpaired) electrons. The molecule has 0 fully saturated rings. The average Bonchev–Trinajstić information content (AvgIpc) is 1.97. The van der Waals surface area contributed by atoms with Crippen LogP contribution in [0.15, 0.2) is 6.20 Å². The Kier molecular flexibility index (Phi) is 1.68. The summed E-state index contributed by atoms with van der Waals surface area (Å²) in [6, 6.07) is 0. The fourth-order valence-corrected chi connectivity index (χ4v) is 0.890. The molecular weight excluding hydrogens is 145 g/mol. The highest BCUT2D eigenvalue weighted by Gasteiger charge is 2.08. The maximum absolute atomic E-state index is 11.1. The molecule has 0 N–H and O–H groups in total. The Morgan fingerprint density at radius 3 is 2.55 bits per heavy atom. The van der Waals surface area contributed by atoms with Gasteiger partial charge in [0.25, 0.3) is 5.69 Å². The van der Waals surface area contributed by atoms with Gasteiger partial charge in [0.2, 0.25) is 6.20 Å². The molecule has 0 bridgehead atoms. The number of aryl methyl sites for hydroxylation is 1. The summed E-state index contributed by atoms with van der Waals surface area (Å²) < 4.78 is 1.46. The molecule has 0 saturated heterocycles. The number of nitrogens with zero attached hydrogens (tertiary/aromatic N) is 2. The topological polar surface area (TPSA) is 51.0 Å². The van der Waals surface area contributed by atoms with E-state index in [-0.39, 0.29) is 0 Å². The summed E-state index contributed by atoms with van der Waals surface area (Å²) in [5.74, 6) is 0. The van der Waals surface area contributed by atoms with Gasteiger partial charge in [0.05, 0.1) is 15.8 Å². The SMILES string of the molecule is Cc1c[15n+](=O)c(C)c(C)n1[O-]. The minimum atomic E-state index is 0.420. The Labute approximate surface area is 64.3 Å². The van der Waals surface area contributed by atoms with E-state index in [1.807, 2.05) is 0 Å². The Morgan fingerprint density at radius 2 is 2.00 bits per heavy atom. The van der Waals surface area contributed by atoms with Crippen LogP contribution in [0.5, 0.6) is 0 Å². The lowest BCUT2D eigenvalue weighted by molar-refractivity contribution is -0.504. The van der Waals surface area contributed by atoms with Crippen LogP contribution in [0, 0.1) is 30.9 Å². The third-order valence-corrected chi connectivity index (χ3v) is 1.78. The van der Waals surface area contributed by atoms with Crippen LogP contribution in [0.25, 0.3) is 0 Å². The summed E-state index contributed by atoms with van der Waals surface area (Å²) in [6.45, 7) is 4.85. The van der Waals surface area contributed by atoms with Crippen LogP contribution in [0.3, 0.4) is 0 Å². The van der Waals surface area contributed by atoms with E-state index < -0.39 is 0 Å². The molecule has 1 rings (SSSR count). The van der Waals surface area contributed by atoms with Gasteiger partial charge in [-0.3, -0.25) is 0 Å². The Balaban J connectivity index is 3.59. The molecular formula is C7H10N2O2. The predicted molar refractivity (Wildman–Crippen MR) is 40.8 cm³/mol. The molecule has 0 aliphatic heterocycles. The van der Waals surface area contributed by atoms with Gasteiger partial charge in [-0.05, 0) is 13.8 Å². The van der Waals surface area contributed by atoms with Crippen LogP contribution in [0.4, 0.5) is 0 Å². The first-order chi connectivity index (χ1) is 5.04. The first-order valence-electron chi connectivity index (χ1n) is 3.33. The van der Waals surface area contributed by atoms with E-state index in [2.05, 4.69) is 0 Å². The second-order valence-corrected chi connectivity index (χ2v) is 2.56. The van der Waals surface area contributed by atoms with Crippen molar-refractivity contribution in [1.82, 2.24) is 4.73 Å². The zero-order valence-electron chi connectivity index (χ0n) is 6.79. The van der Waals surface area contributed by atoms with E-state index in [9.17, 15) is 10.1 Å². The van der Waals surface area contributed by atoms with E-state index >= 15 is 0 Å². The van der Waals surface area contributed by atoms with Gasteiger partial charge in [0.1, 0.15) is 0 Å². The van der Waals surface area contributed by atoms with E-state index in [1.165, 1.54) is 6.20 Å². The van der Waals surface area contributed by atoms with Crippen molar-refractivity contribution in [2.75, 3.05) is 0 Å². The number of hydrogen-bond donors (Lipinski definition) is 0. The second-order valence-electron chi connectivity index (χ2n) is 2.56. The maximum atomic E-state index is 11.1. The first-order valence-corrected chi connectivity index (χ1v) is 3.33. The summed E-state index contributed by atoms with van der Waals surface area (Å²) >= 11 is 0. The summed E-state index contributed by atoms with van der Waals surface area (Å²) in [7, 11) is 0. The first kappa shape index (κ1) is 7.78.